The highest BCUT2D eigenvalue weighted by atomic mass is 79.9. The largest absolute Gasteiger partial charge is 0.480 e. The highest BCUT2D eigenvalue weighted by Gasteiger charge is 2.33. The molecule has 0 radical (unpaired) electrons. The first-order valence-electron chi connectivity index (χ1n) is 5.61. The average Bonchev–Trinajstić information content (AvgIpc) is 2.23. The van der Waals surface area contributed by atoms with Crippen molar-refractivity contribution in [3.63, 3.8) is 0 Å². The summed E-state index contributed by atoms with van der Waals surface area (Å²) in [5, 5.41) is 12.2. The normalized spacial score (nSPS) is 12.9. The number of aliphatic carboxylic acids is 1. The maximum atomic E-state index is 12.1. The van der Waals surface area contributed by atoms with Gasteiger partial charge in [0.1, 0.15) is 6.04 Å². The molecule has 0 heterocycles. The molecule has 0 aromatic heterocycles. The van der Waals surface area contributed by atoms with Crippen LogP contribution in [0.1, 0.15) is 31.1 Å². The molecule has 19 heavy (non-hydrogen) atoms. The number of carbonyl (C=O) groups excluding carboxylic acids is 1. The molecule has 1 rings (SSSR count). The number of nitrogens with one attached hydrogen (secondary N) is 1. The van der Waals surface area contributed by atoms with Gasteiger partial charge >= 0.3 is 5.97 Å². The minimum atomic E-state index is -1.06. The third kappa shape index (κ3) is 4.21. The molecular weight excluding hydrogens is 334 g/mol. The molecule has 6 heteroatoms. The lowest BCUT2D eigenvalue weighted by molar-refractivity contribution is -0.142. The molecule has 0 saturated carbocycles. The van der Waals surface area contributed by atoms with Crippen LogP contribution in [0.15, 0.2) is 22.7 Å². The maximum Gasteiger partial charge on any atom is 0.326 e. The number of carboxylic acids is 1. The fourth-order valence-corrected chi connectivity index (χ4v) is 2.39. The van der Waals surface area contributed by atoms with E-state index < -0.39 is 23.3 Å². The van der Waals surface area contributed by atoms with E-state index in [0.29, 0.717) is 15.1 Å². The van der Waals surface area contributed by atoms with E-state index in [9.17, 15) is 14.7 Å². The number of rotatable bonds is 3. The van der Waals surface area contributed by atoms with Crippen molar-refractivity contribution < 1.29 is 14.7 Å². The molecule has 0 saturated heterocycles. The van der Waals surface area contributed by atoms with Crippen molar-refractivity contribution in [1.82, 2.24) is 5.32 Å². The van der Waals surface area contributed by atoms with Crippen LogP contribution in [0, 0.1) is 5.41 Å². The molecule has 1 unspecified atom stereocenters. The van der Waals surface area contributed by atoms with Crippen LogP contribution in [0.25, 0.3) is 0 Å². The summed E-state index contributed by atoms with van der Waals surface area (Å²) in [6, 6.07) is 3.74. The molecule has 4 nitrogen and oxygen atoms in total. The van der Waals surface area contributed by atoms with Crippen LogP contribution in [-0.4, -0.2) is 23.0 Å². The Labute approximate surface area is 125 Å². The Balaban J connectivity index is 2.98. The van der Waals surface area contributed by atoms with Crippen LogP contribution in [0.2, 0.25) is 5.02 Å². The monoisotopic (exact) mass is 347 g/mol. The highest BCUT2D eigenvalue weighted by molar-refractivity contribution is 9.10. The van der Waals surface area contributed by atoms with Gasteiger partial charge in [-0.05, 0) is 39.5 Å². The van der Waals surface area contributed by atoms with Crippen LogP contribution in [-0.2, 0) is 4.79 Å². The first-order valence-corrected chi connectivity index (χ1v) is 6.78. The van der Waals surface area contributed by atoms with E-state index in [0.717, 1.165) is 0 Å². The quantitative estimate of drug-likeness (QED) is 0.880. The minimum absolute atomic E-state index is 0.347. The van der Waals surface area contributed by atoms with Gasteiger partial charge in [0.2, 0.25) is 0 Å². The van der Waals surface area contributed by atoms with E-state index in [1.54, 1.807) is 39.0 Å². The fourth-order valence-electron chi connectivity index (χ4n) is 1.53. The molecule has 1 atom stereocenters. The van der Waals surface area contributed by atoms with Gasteiger partial charge in [0.15, 0.2) is 0 Å². The molecule has 1 aromatic carbocycles. The van der Waals surface area contributed by atoms with Crippen molar-refractivity contribution in [3.8, 4) is 0 Å². The zero-order chi connectivity index (χ0) is 14.8. The molecule has 0 aliphatic heterocycles. The molecule has 2 N–H and O–H groups in total. The van der Waals surface area contributed by atoms with Crippen molar-refractivity contribution in [2.75, 3.05) is 0 Å². The number of halogens is 2. The van der Waals surface area contributed by atoms with Gasteiger partial charge in [-0.25, -0.2) is 4.79 Å². The van der Waals surface area contributed by atoms with Crippen LogP contribution in [0.5, 0.6) is 0 Å². The maximum absolute atomic E-state index is 12.1. The van der Waals surface area contributed by atoms with Crippen molar-refractivity contribution in [1.29, 1.82) is 0 Å². The minimum Gasteiger partial charge on any atom is -0.480 e. The second kappa shape index (κ2) is 5.92. The summed E-state index contributed by atoms with van der Waals surface area (Å²) in [4.78, 5) is 23.3. The van der Waals surface area contributed by atoms with Gasteiger partial charge in [-0.1, -0.05) is 32.4 Å². The van der Waals surface area contributed by atoms with E-state index in [4.69, 9.17) is 11.6 Å². The van der Waals surface area contributed by atoms with Gasteiger partial charge in [0.05, 0.1) is 5.56 Å². The van der Waals surface area contributed by atoms with Gasteiger partial charge in [0, 0.05) is 9.50 Å². The summed E-state index contributed by atoms with van der Waals surface area (Å²) >= 11 is 9.03. The SMILES string of the molecule is CC(C)(C)C(NC(=O)c1ccc(Cl)cc1Br)C(=O)O. The number of carboxylic acid groups (broad SMARTS) is 1. The predicted octanol–water partition coefficient (Wildman–Crippen LogP) is 3.33. The first kappa shape index (κ1) is 16.0. The highest BCUT2D eigenvalue weighted by Crippen LogP contribution is 2.23. The van der Waals surface area contributed by atoms with E-state index in [1.165, 1.54) is 0 Å². The van der Waals surface area contributed by atoms with Gasteiger partial charge < -0.3 is 10.4 Å². The molecule has 1 aromatic rings. The van der Waals surface area contributed by atoms with Crippen LogP contribution in [0.3, 0.4) is 0 Å². The Hall–Kier alpha value is -1.07. The lowest BCUT2D eigenvalue weighted by Gasteiger charge is -2.27. The van der Waals surface area contributed by atoms with Crippen molar-refractivity contribution >= 4 is 39.4 Å². The summed E-state index contributed by atoms with van der Waals surface area (Å²) in [7, 11) is 0. The summed E-state index contributed by atoms with van der Waals surface area (Å²) in [5.41, 5.74) is -0.236. The molecule has 0 spiro atoms. The summed E-state index contributed by atoms with van der Waals surface area (Å²) in [6.45, 7) is 5.26. The van der Waals surface area contributed by atoms with Gasteiger partial charge in [0.25, 0.3) is 5.91 Å². The Morgan fingerprint density at radius 2 is 1.95 bits per heavy atom. The summed E-state index contributed by atoms with van der Waals surface area (Å²) in [5.74, 6) is -1.52. The predicted molar refractivity (Wildman–Crippen MR) is 77.5 cm³/mol. The second-order valence-electron chi connectivity index (χ2n) is 5.23. The average molecular weight is 349 g/mol. The van der Waals surface area contributed by atoms with E-state index in [-0.39, 0.29) is 0 Å². The molecule has 104 valence electrons. The lowest BCUT2D eigenvalue weighted by Crippen LogP contribution is -2.49. The zero-order valence-corrected chi connectivity index (χ0v) is 13.2. The van der Waals surface area contributed by atoms with Crippen molar-refractivity contribution in [2.45, 2.75) is 26.8 Å². The smallest absolute Gasteiger partial charge is 0.326 e. The Morgan fingerprint density at radius 1 is 1.37 bits per heavy atom. The van der Waals surface area contributed by atoms with Gasteiger partial charge in [-0.15, -0.1) is 0 Å². The number of carbonyl (C=O) groups is 2. The van der Waals surface area contributed by atoms with Crippen molar-refractivity contribution in [3.05, 3.63) is 33.3 Å². The molecule has 1 amide bonds. The Bertz CT molecular complexity index is 511. The third-order valence-electron chi connectivity index (χ3n) is 2.56. The van der Waals surface area contributed by atoms with Crippen LogP contribution in [0.4, 0.5) is 0 Å². The zero-order valence-electron chi connectivity index (χ0n) is 10.8. The van der Waals surface area contributed by atoms with Crippen LogP contribution >= 0.6 is 27.5 Å². The lowest BCUT2D eigenvalue weighted by atomic mass is 9.86. The fraction of sp³-hybridized carbons (Fsp3) is 0.385. The first-order chi connectivity index (χ1) is 8.62. The summed E-state index contributed by atoms with van der Waals surface area (Å²) < 4.78 is 0.524. The molecule has 0 aliphatic carbocycles. The standard InChI is InChI=1S/C13H15BrClNO3/c1-13(2,3)10(12(18)19)16-11(17)8-5-4-7(15)6-9(8)14/h4-6,10H,1-3H3,(H,16,17)(H,18,19). The molecule has 0 bridgehead atoms. The van der Waals surface area contributed by atoms with Gasteiger partial charge in [-0.2, -0.15) is 0 Å². The molecular formula is C13H15BrClNO3. The van der Waals surface area contributed by atoms with Crippen molar-refractivity contribution in [2.24, 2.45) is 5.41 Å². The molecule has 0 fully saturated rings. The second-order valence-corrected chi connectivity index (χ2v) is 6.53. The number of hydrogen-bond donors (Lipinski definition) is 2. The third-order valence-corrected chi connectivity index (χ3v) is 3.46. The van der Waals surface area contributed by atoms with Gasteiger partial charge in [-0.3, -0.25) is 4.79 Å². The summed E-state index contributed by atoms with van der Waals surface area (Å²) in [6.07, 6.45) is 0. The number of hydrogen-bond acceptors (Lipinski definition) is 2. The van der Waals surface area contributed by atoms with E-state index >= 15 is 0 Å². The topological polar surface area (TPSA) is 66.4 Å². The Kier molecular flexibility index (Phi) is 4.98. The van der Waals surface area contributed by atoms with Crippen LogP contribution < -0.4 is 5.32 Å². The van der Waals surface area contributed by atoms with E-state index in [1.807, 2.05) is 0 Å². The molecule has 0 aliphatic rings. The van der Waals surface area contributed by atoms with E-state index in [2.05, 4.69) is 21.2 Å². The Morgan fingerprint density at radius 3 is 2.37 bits per heavy atom. The number of benzene rings is 1. The number of amides is 1.